The van der Waals surface area contributed by atoms with Gasteiger partial charge in [-0.1, -0.05) is 18.2 Å². The Morgan fingerprint density at radius 1 is 1.32 bits per heavy atom. The number of carbonyl (C=O) groups excluding carboxylic acids is 1. The van der Waals surface area contributed by atoms with Crippen LogP contribution in [0.5, 0.6) is 0 Å². The maximum atomic E-state index is 13.2. The summed E-state index contributed by atoms with van der Waals surface area (Å²) in [6.45, 7) is 2.60. The highest BCUT2D eigenvalue weighted by Gasteiger charge is 2.41. The average molecular weight is 309 g/mol. The molecule has 0 bridgehead atoms. The number of anilines is 1. The van der Waals surface area contributed by atoms with Crippen molar-refractivity contribution in [3.05, 3.63) is 36.0 Å². The lowest BCUT2D eigenvalue weighted by Gasteiger charge is -2.37. The van der Waals surface area contributed by atoms with Crippen LogP contribution in [-0.4, -0.2) is 24.0 Å². The van der Waals surface area contributed by atoms with Crippen LogP contribution in [-0.2, 0) is 11.0 Å². The molecule has 0 atom stereocenters. The lowest BCUT2D eigenvalue weighted by atomic mass is 9.83. The number of benzene rings is 1. The Hall–Kier alpha value is -2.15. The highest BCUT2D eigenvalue weighted by Crippen LogP contribution is 2.36. The first-order valence-corrected chi connectivity index (χ1v) is 6.79. The summed E-state index contributed by atoms with van der Waals surface area (Å²) < 4.78 is 39.6. The van der Waals surface area contributed by atoms with Gasteiger partial charge in [0.1, 0.15) is 0 Å². The number of para-hydroxylation sites is 1. The van der Waals surface area contributed by atoms with Crippen LogP contribution in [0.15, 0.2) is 30.3 Å². The summed E-state index contributed by atoms with van der Waals surface area (Å²) in [6.07, 6.45) is -4.63. The molecule has 1 aromatic heterocycles. The Bertz CT molecular complexity index is 738. The summed E-state index contributed by atoms with van der Waals surface area (Å²) in [5, 5.41) is 5.88. The van der Waals surface area contributed by atoms with Gasteiger partial charge in [0.2, 0.25) is 5.91 Å². The minimum Gasteiger partial charge on any atom is -0.324 e. The van der Waals surface area contributed by atoms with Crippen LogP contribution in [0.2, 0.25) is 0 Å². The summed E-state index contributed by atoms with van der Waals surface area (Å²) in [5.74, 6) is -0.436. The molecule has 0 spiro atoms. The Morgan fingerprint density at radius 2 is 2.00 bits per heavy atom. The molecule has 22 heavy (non-hydrogen) atoms. The van der Waals surface area contributed by atoms with E-state index in [4.69, 9.17) is 0 Å². The molecule has 2 aromatic rings. The number of nitrogens with one attached hydrogen (secondary N) is 2. The summed E-state index contributed by atoms with van der Waals surface area (Å²) in [5.41, 5.74) is -1.82. The maximum Gasteiger partial charge on any atom is 0.435 e. The first-order chi connectivity index (χ1) is 10.3. The predicted molar refractivity (Wildman–Crippen MR) is 76.4 cm³/mol. The smallest absolute Gasteiger partial charge is 0.324 e. The van der Waals surface area contributed by atoms with Crippen molar-refractivity contribution in [3.63, 3.8) is 0 Å². The maximum absolute atomic E-state index is 13.2. The number of hydrogen-bond acceptors (Lipinski definition) is 3. The number of amides is 1. The third-order valence-electron chi connectivity index (χ3n) is 3.82. The molecule has 4 nitrogen and oxygen atoms in total. The van der Waals surface area contributed by atoms with Crippen LogP contribution < -0.4 is 10.6 Å². The standard InChI is InChI=1S/C15H14F3N3O/c1-14(7-19-8-14)13(22)21-11-6-9-4-2-3-5-10(9)20-12(11)15(16,17)18/h2-6,19H,7-8H2,1H3,(H,21,22). The van der Waals surface area contributed by atoms with E-state index in [1.54, 1.807) is 25.1 Å². The van der Waals surface area contributed by atoms with Gasteiger partial charge < -0.3 is 10.6 Å². The summed E-state index contributed by atoms with van der Waals surface area (Å²) in [7, 11) is 0. The SMILES string of the molecule is CC1(C(=O)Nc2cc3ccccc3nc2C(F)(F)F)CNC1. The molecule has 3 rings (SSSR count). The van der Waals surface area contributed by atoms with E-state index >= 15 is 0 Å². The number of carbonyl (C=O) groups is 1. The lowest BCUT2D eigenvalue weighted by Crippen LogP contribution is -2.58. The van der Waals surface area contributed by atoms with Gasteiger partial charge in [-0.05, 0) is 19.1 Å². The summed E-state index contributed by atoms with van der Waals surface area (Å²) in [6, 6.07) is 7.81. The second-order valence-electron chi connectivity index (χ2n) is 5.69. The molecule has 0 unspecified atom stereocenters. The van der Waals surface area contributed by atoms with Gasteiger partial charge in [0.25, 0.3) is 0 Å². The molecule has 1 aliphatic heterocycles. The third kappa shape index (κ3) is 2.52. The fraction of sp³-hybridized carbons (Fsp3) is 0.333. The number of alkyl halides is 3. The second kappa shape index (κ2) is 4.95. The fourth-order valence-electron chi connectivity index (χ4n) is 2.36. The number of fused-ring (bicyclic) bond motifs is 1. The molecule has 0 saturated carbocycles. The Balaban J connectivity index is 2.04. The van der Waals surface area contributed by atoms with Gasteiger partial charge in [0.15, 0.2) is 5.69 Å². The van der Waals surface area contributed by atoms with Crippen molar-refractivity contribution in [3.8, 4) is 0 Å². The van der Waals surface area contributed by atoms with E-state index < -0.39 is 23.2 Å². The number of nitrogens with zero attached hydrogens (tertiary/aromatic N) is 1. The number of rotatable bonds is 2. The highest BCUT2D eigenvalue weighted by atomic mass is 19.4. The molecule has 0 radical (unpaired) electrons. The quantitative estimate of drug-likeness (QED) is 0.897. The largest absolute Gasteiger partial charge is 0.435 e. The topological polar surface area (TPSA) is 54.0 Å². The van der Waals surface area contributed by atoms with Gasteiger partial charge in [-0.25, -0.2) is 4.98 Å². The van der Waals surface area contributed by atoms with Crippen molar-refractivity contribution in [1.82, 2.24) is 10.3 Å². The van der Waals surface area contributed by atoms with E-state index in [2.05, 4.69) is 15.6 Å². The van der Waals surface area contributed by atoms with Crippen molar-refractivity contribution >= 4 is 22.5 Å². The predicted octanol–water partition coefficient (Wildman–Crippen LogP) is 2.80. The Kier molecular flexibility index (Phi) is 3.32. The van der Waals surface area contributed by atoms with Gasteiger partial charge in [0.05, 0.1) is 16.6 Å². The molecule has 116 valence electrons. The zero-order valence-corrected chi connectivity index (χ0v) is 11.8. The van der Waals surface area contributed by atoms with Gasteiger partial charge in [-0.3, -0.25) is 4.79 Å². The van der Waals surface area contributed by atoms with Gasteiger partial charge >= 0.3 is 6.18 Å². The highest BCUT2D eigenvalue weighted by molar-refractivity contribution is 5.98. The Morgan fingerprint density at radius 3 is 2.59 bits per heavy atom. The van der Waals surface area contributed by atoms with Crippen LogP contribution in [0.4, 0.5) is 18.9 Å². The normalized spacial score (nSPS) is 17.1. The van der Waals surface area contributed by atoms with Crippen LogP contribution in [0.3, 0.4) is 0 Å². The van der Waals surface area contributed by atoms with Crippen LogP contribution in [0.1, 0.15) is 12.6 Å². The Labute approximate surface area is 124 Å². The van der Waals surface area contributed by atoms with E-state index in [0.717, 1.165) is 0 Å². The van der Waals surface area contributed by atoms with E-state index in [0.29, 0.717) is 18.5 Å². The summed E-state index contributed by atoms with van der Waals surface area (Å²) >= 11 is 0. The number of pyridine rings is 1. The minimum atomic E-state index is -4.63. The van der Waals surface area contributed by atoms with Crippen molar-refractivity contribution < 1.29 is 18.0 Å². The second-order valence-corrected chi connectivity index (χ2v) is 5.69. The van der Waals surface area contributed by atoms with Crippen LogP contribution in [0.25, 0.3) is 10.9 Å². The lowest BCUT2D eigenvalue weighted by molar-refractivity contribution is -0.140. The molecular formula is C15H14F3N3O. The van der Waals surface area contributed by atoms with E-state index in [-0.39, 0.29) is 11.2 Å². The minimum absolute atomic E-state index is 0.240. The van der Waals surface area contributed by atoms with E-state index in [1.165, 1.54) is 12.1 Å². The molecule has 1 amide bonds. The molecule has 2 N–H and O–H groups in total. The van der Waals surface area contributed by atoms with E-state index in [9.17, 15) is 18.0 Å². The first-order valence-electron chi connectivity index (χ1n) is 6.79. The number of hydrogen-bond donors (Lipinski definition) is 2. The summed E-state index contributed by atoms with van der Waals surface area (Å²) in [4.78, 5) is 15.9. The van der Waals surface area contributed by atoms with Crippen LogP contribution >= 0.6 is 0 Å². The van der Waals surface area contributed by atoms with Gasteiger partial charge in [0, 0.05) is 18.5 Å². The molecule has 7 heteroatoms. The number of aromatic nitrogens is 1. The molecule has 1 fully saturated rings. The number of halogens is 3. The van der Waals surface area contributed by atoms with Crippen molar-refractivity contribution in [2.75, 3.05) is 18.4 Å². The molecule has 2 heterocycles. The van der Waals surface area contributed by atoms with Gasteiger partial charge in [-0.2, -0.15) is 13.2 Å². The van der Waals surface area contributed by atoms with Crippen molar-refractivity contribution in [2.45, 2.75) is 13.1 Å². The van der Waals surface area contributed by atoms with Gasteiger partial charge in [-0.15, -0.1) is 0 Å². The molecule has 1 saturated heterocycles. The molecule has 1 aromatic carbocycles. The van der Waals surface area contributed by atoms with Crippen molar-refractivity contribution in [2.24, 2.45) is 5.41 Å². The zero-order chi connectivity index (χ0) is 16.0. The molecular weight excluding hydrogens is 295 g/mol. The zero-order valence-electron chi connectivity index (χ0n) is 11.8. The monoisotopic (exact) mass is 309 g/mol. The third-order valence-corrected chi connectivity index (χ3v) is 3.82. The molecule has 1 aliphatic rings. The first kappa shape index (κ1) is 14.8. The fourth-order valence-corrected chi connectivity index (χ4v) is 2.36. The van der Waals surface area contributed by atoms with Crippen molar-refractivity contribution in [1.29, 1.82) is 0 Å². The van der Waals surface area contributed by atoms with E-state index in [1.807, 2.05) is 0 Å². The van der Waals surface area contributed by atoms with Crippen LogP contribution in [0, 0.1) is 5.41 Å². The average Bonchev–Trinajstić information content (AvgIpc) is 2.42. The molecule has 0 aliphatic carbocycles.